The van der Waals surface area contributed by atoms with Crippen molar-refractivity contribution in [2.24, 2.45) is 10.9 Å². The summed E-state index contributed by atoms with van der Waals surface area (Å²) in [4.78, 5) is 2.84. The number of hydrazone groups is 1. The van der Waals surface area contributed by atoms with Crippen LogP contribution in [0.1, 0.15) is 11.1 Å². The highest BCUT2D eigenvalue weighted by atomic mass is 32.1. The molecule has 3 N–H and O–H groups in total. The number of H-pyrrole nitrogens is 1. The van der Waals surface area contributed by atoms with E-state index in [2.05, 4.69) is 29.1 Å². The van der Waals surface area contributed by atoms with Gasteiger partial charge in [0.1, 0.15) is 4.64 Å². The molecule has 0 saturated carbocycles. The summed E-state index contributed by atoms with van der Waals surface area (Å²) in [5.74, 6) is 4.94. The Morgan fingerprint density at radius 1 is 1.24 bits per heavy atom. The molecular formula is C13H15N3S. The highest BCUT2D eigenvalue weighted by Crippen LogP contribution is 1.93. The van der Waals surface area contributed by atoms with E-state index in [1.807, 2.05) is 24.3 Å². The Morgan fingerprint density at radius 2 is 1.94 bits per heavy atom. The normalized spacial score (nSPS) is 9.71. The molecule has 0 fully saturated rings. The molecule has 1 heterocycles. The molecular weight excluding hydrogens is 230 g/mol. The maximum Gasteiger partial charge on any atom is 0.103 e. The van der Waals surface area contributed by atoms with Crippen molar-refractivity contribution in [3.8, 4) is 0 Å². The summed E-state index contributed by atoms with van der Waals surface area (Å²) in [5.41, 5.74) is 2.23. The highest BCUT2D eigenvalue weighted by molar-refractivity contribution is 7.71. The molecule has 0 amide bonds. The Balaban J connectivity index is 0.000000181. The average molecular weight is 245 g/mol. The summed E-state index contributed by atoms with van der Waals surface area (Å²) in [6.45, 7) is 2.08. The molecule has 2 rings (SSSR count). The molecule has 0 aliphatic heterocycles. The van der Waals surface area contributed by atoms with Gasteiger partial charge in [0.2, 0.25) is 0 Å². The zero-order valence-corrected chi connectivity index (χ0v) is 10.4. The van der Waals surface area contributed by atoms with E-state index in [0.29, 0.717) is 4.64 Å². The van der Waals surface area contributed by atoms with E-state index < -0.39 is 0 Å². The number of rotatable bonds is 1. The third-order valence-corrected chi connectivity index (χ3v) is 2.20. The van der Waals surface area contributed by atoms with Crippen LogP contribution in [-0.4, -0.2) is 11.2 Å². The number of aromatic nitrogens is 1. The number of hydrogen-bond donors (Lipinski definition) is 2. The van der Waals surface area contributed by atoms with E-state index in [1.54, 1.807) is 18.5 Å². The minimum Gasteiger partial charge on any atom is -0.353 e. The summed E-state index contributed by atoms with van der Waals surface area (Å²) >= 11 is 4.86. The molecule has 0 atom stereocenters. The molecule has 0 aliphatic rings. The van der Waals surface area contributed by atoms with Gasteiger partial charge in [0.15, 0.2) is 0 Å². The largest absolute Gasteiger partial charge is 0.353 e. The van der Waals surface area contributed by atoms with Crippen LogP contribution in [0.3, 0.4) is 0 Å². The van der Waals surface area contributed by atoms with Crippen LogP contribution in [0, 0.1) is 11.6 Å². The fourth-order valence-corrected chi connectivity index (χ4v) is 1.37. The van der Waals surface area contributed by atoms with Crippen LogP contribution in [0.15, 0.2) is 53.8 Å². The molecule has 4 heteroatoms. The van der Waals surface area contributed by atoms with Gasteiger partial charge in [-0.1, -0.05) is 48.1 Å². The van der Waals surface area contributed by atoms with Crippen LogP contribution in [0.4, 0.5) is 0 Å². The number of pyridine rings is 1. The van der Waals surface area contributed by atoms with Crippen molar-refractivity contribution in [2.45, 2.75) is 6.92 Å². The summed E-state index contributed by atoms with van der Waals surface area (Å²) in [7, 11) is 0. The van der Waals surface area contributed by atoms with E-state index in [4.69, 9.17) is 18.1 Å². The molecule has 0 radical (unpaired) electrons. The lowest BCUT2D eigenvalue weighted by Gasteiger charge is -1.88. The molecule has 88 valence electrons. The Kier molecular flexibility index (Phi) is 5.68. The minimum atomic E-state index is 0.678. The van der Waals surface area contributed by atoms with Crippen molar-refractivity contribution in [1.29, 1.82) is 0 Å². The van der Waals surface area contributed by atoms with Gasteiger partial charge in [-0.3, -0.25) is 0 Å². The van der Waals surface area contributed by atoms with Crippen LogP contribution in [0.2, 0.25) is 0 Å². The first-order chi connectivity index (χ1) is 8.22. The van der Waals surface area contributed by atoms with Gasteiger partial charge in [-0.2, -0.15) is 5.10 Å². The lowest BCUT2D eigenvalue weighted by molar-refractivity contribution is 1.25. The van der Waals surface area contributed by atoms with E-state index in [1.165, 1.54) is 5.56 Å². The smallest absolute Gasteiger partial charge is 0.103 e. The van der Waals surface area contributed by atoms with Gasteiger partial charge in [0, 0.05) is 6.20 Å². The lowest BCUT2D eigenvalue weighted by atomic mass is 10.2. The summed E-state index contributed by atoms with van der Waals surface area (Å²) in [5, 5.41) is 3.36. The average Bonchev–Trinajstić information content (AvgIpc) is 2.31. The molecule has 0 aliphatic carbocycles. The van der Waals surface area contributed by atoms with Gasteiger partial charge in [-0.25, -0.2) is 0 Å². The van der Waals surface area contributed by atoms with Crippen molar-refractivity contribution < 1.29 is 0 Å². The van der Waals surface area contributed by atoms with Crippen molar-refractivity contribution in [3.63, 3.8) is 0 Å². The second kappa shape index (κ2) is 7.35. The summed E-state index contributed by atoms with van der Waals surface area (Å²) in [6.07, 6.45) is 3.29. The Morgan fingerprint density at radius 3 is 2.41 bits per heavy atom. The van der Waals surface area contributed by atoms with E-state index >= 15 is 0 Å². The first-order valence-electron chi connectivity index (χ1n) is 5.16. The highest BCUT2D eigenvalue weighted by Gasteiger charge is 1.83. The standard InChI is InChI=1S/C7H8.C6H7N3S/c1-7-5-3-2-4-6-7;7-9-4-5-1-2-8-6(10)3-5/h2-6H,1H3;1-4H,7H2,(H,8,10). The molecule has 17 heavy (non-hydrogen) atoms. The monoisotopic (exact) mass is 245 g/mol. The van der Waals surface area contributed by atoms with E-state index in [9.17, 15) is 0 Å². The topological polar surface area (TPSA) is 54.2 Å². The third kappa shape index (κ3) is 5.63. The van der Waals surface area contributed by atoms with Crippen molar-refractivity contribution >= 4 is 18.4 Å². The number of benzene rings is 1. The molecule has 3 nitrogen and oxygen atoms in total. The number of hydrogen-bond acceptors (Lipinski definition) is 3. The number of nitrogens with zero attached hydrogens (tertiary/aromatic N) is 1. The molecule has 0 spiro atoms. The van der Waals surface area contributed by atoms with Gasteiger partial charge in [0.05, 0.1) is 6.21 Å². The number of aromatic amines is 1. The quantitative estimate of drug-likeness (QED) is 0.351. The Bertz CT molecular complexity index is 517. The number of nitrogens with two attached hydrogens (primary N) is 1. The fraction of sp³-hybridized carbons (Fsp3) is 0.0769. The minimum absolute atomic E-state index is 0.678. The molecule has 1 aromatic carbocycles. The molecule has 0 saturated heterocycles. The number of aryl methyl sites for hydroxylation is 1. The van der Waals surface area contributed by atoms with Gasteiger partial charge < -0.3 is 10.8 Å². The zero-order valence-electron chi connectivity index (χ0n) is 9.63. The molecule has 0 unspecified atom stereocenters. The van der Waals surface area contributed by atoms with Crippen molar-refractivity contribution in [3.05, 3.63) is 64.4 Å². The van der Waals surface area contributed by atoms with Crippen LogP contribution in [0.5, 0.6) is 0 Å². The van der Waals surface area contributed by atoms with Crippen LogP contribution < -0.4 is 5.84 Å². The second-order valence-electron chi connectivity index (χ2n) is 3.42. The van der Waals surface area contributed by atoms with Crippen LogP contribution >= 0.6 is 12.2 Å². The molecule has 0 bridgehead atoms. The lowest BCUT2D eigenvalue weighted by Crippen LogP contribution is -1.86. The second-order valence-corrected chi connectivity index (χ2v) is 3.86. The third-order valence-electron chi connectivity index (χ3n) is 1.96. The van der Waals surface area contributed by atoms with Crippen LogP contribution in [-0.2, 0) is 0 Å². The predicted molar refractivity (Wildman–Crippen MR) is 74.6 cm³/mol. The van der Waals surface area contributed by atoms with Gasteiger partial charge >= 0.3 is 0 Å². The van der Waals surface area contributed by atoms with Gasteiger partial charge in [0.25, 0.3) is 0 Å². The van der Waals surface area contributed by atoms with Gasteiger partial charge in [-0.15, -0.1) is 0 Å². The van der Waals surface area contributed by atoms with Crippen molar-refractivity contribution in [2.75, 3.05) is 0 Å². The maximum absolute atomic E-state index is 4.94. The first kappa shape index (κ1) is 13.1. The summed E-state index contributed by atoms with van der Waals surface area (Å²) < 4.78 is 0.678. The Hall–Kier alpha value is -1.94. The van der Waals surface area contributed by atoms with Gasteiger partial charge in [-0.05, 0) is 24.6 Å². The SMILES string of the molecule is Cc1ccccc1.NN=Cc1cc[nH]c(=S)c1. The first-order valence-corrected chi connectivity index (χ1v) is 5.57. The van der Waals surface area contributed by atoms with Crippen LogP contribution in [0.25, 0.3) is 0 Å². The predicted octanol–water partition coefficient (Wildman–Crippen LogP) is 3.03. The Labute approximate surface area is 106 Å². The molecule has 2 aromatic rings. The summed E-state index contributed by atoms with van der Waals surface area (Å²) in [6, 6.07) is 13.9. The zero-order chi connectivity index (χ0) is 12.5. The number of nitrogens with one attached hydrogen (secondary N) is 1. The van der Waals surface area contributed by atoms with E-state index in [-0.39, 0.29) is 0 Å². The maximum atomic E-state index is 4.94. The van der Waals surface area contributed by atoms with E-state index in [0.717, 1.165) is 5.56 Å². The molecule has 1 aromatic heterocycles. The van der Waals surface area contributed by atoms with Crippen molar-refractivity contribution in [1.82, 2.24) is 4.98 Å². The fourth-order valence-electron chi connectivity index (χ4n) is 1.16.